The summed E-state index contributed by atoms with van der Waals surface area (Å²) in [6.45, 7) is 9.39. The van der Waals surface area contributed by atoms with Gasteiger partial charge in [0.2, 0.25) is 0 Å². The second-order valence-corrected chi connectivity index (χ2v) is 4.58. The molecule has 2 aliphatic heterocycles. The zero-order chi connectivity index (χ0) is 9.97. The SMILES string of the molecule is C/C=C/CN1CC2CNCC2C1CC. The molecular weight excluding hydrogens is 172 g/mol. The molecule has 2 nitrogen and oxygen atoms in total. The van der Waals surface area contributed by atoms with Crippen molar-refractivity contribution in [2.45, 2.75) is 26.3 Å². The molecule has 0 amide bonds. The van der Waals surface area contributed by atoms with Gasteiger partial charge in [0.1, 0.15) is 0 Å². The Labute approximate surface area is 87.4 Å². The summed E-state index contributed by atoms with van der Waals surface area (Å²) in [4.78, 5) is 2.66. The van der Waals surface area contributed by atoms with E-state index in [1.165, 1.54) is 26.1 Å². The van der Waals surface area contributed by atoms with E-state index in [-0.39, 0.29) is 0 Å². The van der Waals surface area contributed by atoms with Crippen LogP contribution in [0.1, 0.15) is 20.3 Å². The van der Waals surface area contributed by atoms with Gasteiger partial charge in [0.25, 0.3) is 0 Å². The van der Waals surface area contributed by atoms with Crippen molar-refractivity contribution in [1.29, 1.82) is 0 Å². The first-order valence-corrected chi connectivity index (χ1v) is 5.92. The Kier molecular flexibility index (Phi) is 3.24. The second-order valence-electron chi connectivity index (χ2n) is 4.58. The lowest BCUT2D eigenvalue weighted by molar-refractivity contribution is 0.240. The molecule has 2 fully saturated rings. The number of nitrogens with one attached hydrogen (secondary N) is 1. The van der Waals surface area contributed by atoms with Crippen molar-refractivity contribution in [3.63, 3.8) is 0 Å². The lowest BCUT2D eigenvalue weighted by atomic mass is 9.93. The monoisotopic (exact) mass is 194 g/mol. The fourth-order valence-electron chi connectivity index (χ4n) is 3.12. The lowest BCUT2D eigenvalue weighted by Gasteiger charge is -2.25. The number of allylic oxidation sites excluding steroid dienone is 1. The van der Waals surface area contributed by atoms with Crippen molar-refractivity contribution in [2.24, 2.45) is 11.8 Å². The van der Waals surface area contributed by atoms with Gasteiger partial charge in [-0.1, -0.05) is 19.1 Å². The molecule has 1 N–H and O–H groups in total. The minimum atomic E-state index is 0.825. The molecule has 0 aromatic heterocycles. The zero-order valence-corrected chi connectivity index (χ0v) is 9.37. The first-order valence-electron chi connectivity index (χ1n) is 5.92. The van der Waals surface area contributed by atoms with Crippen LogP contribution in [0, 0.1) is 11.8 Å². The van der Waals surface area contributed by atoms with Gasteiger partial charge in [-0.3, -0.25) is 4.90 Å². The average Bonchev–Trinajstić information content (AvgIpc) is 2.73. The van der Waals surface area contributed by atoms with Crippen LogP contribution < -0.4 is 5.32 Å². The van der Waals surface area contributed by atoms with Gasteiger partial charge in [-0.25, -0.2) is 0 Å². The topological polar surface area (TPSA) is 15.3 Å². The maximum atomic E-state index is 3.52. The third kappa shape index (κ3) is 1.73. The molecule has 0 aromatic rings. The van der Waals surface area contributed by atoms with E-state index in [0.29, 0.717) is 0 Å². The largest absolute Gasteiger partial charge is 0.316 e. The van der Waals surface area contributed by atoms with Gasteiger partial charge in [0, 0.05) is 19.1 Å². The summed E-state index contributed by atoms with van der Waals surface area (Å²) < 4.78 is 0. The van der Waals surface area contributed by atoms with E-state index >= 15 is 0 Å². The molecule has 2 heteroatoms. The molecule has 14 heavy (non-hydrogen) atoms. The Morgan fingerprint density at radius 2 is 2.29 bits per heavy atom. The minimum Gasteiger partial charge on any atom is -0.316 e. The van der Waals surface area contributed by atoms with Gasteiger partial charge >= 0.3 is 0 Å². The van der Waals surface area contributed by atoms with E-state index in [1.807, 2.05) is 0 Å². The summed E-state index contributed by atoms with van der Waals surface area (Å²) in [6.07, 6.45) is 5.76. The zero-order valence-electron chi connectivity index (χ0n) is 9.37. The van der Waals surface area contributed by atoms with Crippen molar-refractivity contribution in [3.8, 4) is 0 Å². The van der Waals surface area contributed by atoms with Crippen molar-refractivity contribution < 1.29 is 0 Å². The summed E-state index contributed by atoms with van der Waals surface area (Å²) in [6, 6.07) is 0.825. The number of nitrogens with zero attached hydrogens (tertiary/aromatic N) is 1. The molecule has 3 unspecified atom stereocenters. The van der Waals surface area contributed by atoms with Gasteiger partial charge < -0.3 is 5.32 Å². The molecule has 0 bridgehead atoms. The smallest absolute Gasteiger partial charge is 0.0166 e. The fourth-order valence-corrected chi connectivity index (χ4v) is 3.12. The van der Waals surface area contributed by atoms with Gasteiger partial charge in [-0.15, -0.1) is 0 Å². The maximum Gasteiger partial charge on any atom is 0.0166 e. The van der Waals surface area contributed by atoms with Gasteiger partial charge in [0.15, 0.2) is 0 Å². The van der Waals surface area contributed by atoms with Crippen LogP contribution in [0.15, 0.2) is 12.2 Å². The van der Waals surface area contributed by atoms with E-state index in [1.54, 1.807) is 0 Å². The molecule has 2 aliphatic rings. The van der Waals surface area contributed by atoms with Crippen LogP contribution in [0.5, 0.6) is 0 Å². The van der Waals surface area contributed by atoms with Crippen LogP contribution in [0.3, 0.4) is 0 Å². The number of rotatable bonds is 3. The van der Waals surface area contributed by atoms with E-state index in [9.17, 15) is 0 Å². The molecule has 3 atom stereocenters. The average molecular weight is 194 g/mol. The normalized spacial score (nSPS) is 38.3. The predicted molar refractivity (Wildman–Crippen MR) is 60.3 cm³/mol. The standard InChI is InChI=1S/C12H22N2/c1-3-5-6-14-9-10-7-13-8-11(10)12(14)4-2/h3,5,10-13H,4,6-9H2,1-2H3/b5-3+. The van der Waals surface area contributed by atoms with Crippen molar-refractivity contribution in [3.05, 3.63) is 12.2 Å². The van der Waals surface area contributed by atoms with Crippen LogP contribution >= 0.6 is 0 Å². The molecule has 2 rings (SSSR count). The lowest BCUT2D eigenvalue weighted by Crippen LogP contribution is -2.35. The second kappa shape index (κ2) is 4.45. The Balaban J connectivity index is 1.98. The van der Waals surface area contributed by atoms with Crippen LogP contribution in [-0.2, 0) is 0 Å². The first-order chi connectivity index (χ1) is 6.86. The van der Waals surface area contributed by atoms with Crippen molar-refractivity contribution >= 4 is 0 Å². The molecule has 0 aliphatic carbocycles. The van der Waals surface area contributed by atoms with Gasteiger partial charge in [-0.2, -0.15) is 0 Å². The van der Waals surface area contributed by atoms with E-state index < -0.39 is 0 Å². The molecular formula is C12H22N2. The number of hydrogen-bond acceptors (Lipinski definition) is 2. The van der Waals surface area contributed by atoms with Crippen molar-refractivity contribution in [2.75, 3.05) is 26.2 Å². The molecule has 0 aromatic carbocycles. The molecule has 0 saturated carbocycles. The Bertz CT molecular complexity index is 212. The molecule has 0 radical (unpaired) electrons. The van der Waals surface area contributed by atoms with Crippen LogP contribution in [0.25, 0.3) is 0 Å². The Hall–Kier alpha value is -0.340. The molecule has 2 saturated heterocycles. The summed E-state index contributed by atoms with van der Waals surface area (Å²) >= 11 is 0. The van der Waals surface area contributed by atoms with Crippen LogP contribution in [-0.4, -0.2) is 37.1 Å². The quantitative estimate of drug-likeness (QED) is 0.685. The molecule has 0 spiro atoms. The number of hydrogen-bond donors (Lipinski definition) is 1. The number of fused-ring (bicyclic) bond motifs is 1. The summed E-state index contributed by atoms with van der Waals surface area (Å²) in [7, 11) is 0. The van der Waals surface area contributed by atoms with E-state index in [2.05, 4.69) is 36.2 Å². The fraction of sp³-hybridized carbons (Fsp3) is 0.833. The van der Waals surface area contributed by atoms with Crippen molar-refractivity contribution in [1.82, 2.24) is 10.2 Å². The number of likely N-dealkylation sites (tertiary alicyclic amines) is 1. The first kappa shape index (κ1) is 10.2. The third-order valence-corrected chi connectivity index (χ3v) is 3.82. The highest BCUT2D eigenvalue weighted by Crippen LogP contribution is 2.33. The van der Waals surface area contributed by atoms with E-state index in [0.717, 1.165) is 24.4 Å². The highest BCUT2D eigenvalue weighted by Gasteiger charge is 2.42. The highest BCUT2D eigenvalue weighted by atomic mass is 15.2. The Morgan fingerprint density at radius 3 is 3.00 bits per heavy atom. The summed E-state index contributed by atoms with van der Waals surface area (Å²) in [5.41, 5.74) is 0. The summed E-state index contributed by atoms with van der Waals surface area (Å²) in [5.74, 6) is 1.84. The van der Waals surface area contributed by atoms with Crippen LogP contribution in [0.2, 0.25) is 0 Å². The van der Waals surface area contributed by atoms with Gasteiger partial charge in [-0.05, 0) is 38.3 Å². The highest BCUT2D eigenvalue weighted by molar-refractivity contribution is 4.99. The third-order valence-electron chi connectivity index (χ3n) is 3.82. The maximum absolute atomic E-state index is 3.52. The van der Waals surface area contributed by atoms with Crippen LogP contribution in [0.4, 0.5) is 0 Å². The minimum absolute atomic E-state index is 0.825. The van der Waals surface area contributed by atoms with E-state index in [4.69, 9.17) is 0 Å². The molecule has 2 heterocycles. The predicted octanol–water partition coefficient (Wildman–Crippen LogP) is 1.49. The molecule has 80 valence electrons. The summed E-state index contributed by atoms with van der Waals surface area (Å²) in [5, 5.41) is 3.52. The Morgan fingerprint density at radius 1 is 1.43 bits per heavy atom. The van der Waals surface area contributed by atoms with Gasteiger partial charge in [0.05, 0.1) is 0 Å².